The zero-order chi connectivity index (χ0) is 17.1. The molecule has 1 N–H and O–H groups in total. The Labute approximate surface area is 151 Å². The summed E-state index contributed by atoms with van der Waals surface area (Å²) in [6, 6.07) is 4.84. The molecule has 8 heteroatoms. The molecular weight excluding hydrogens is 433 g/mol. The molecule has 0 saturated carbocycles. The maximum absolute atomic E-state index is 12.3. The van der Waals surface area contributed by atoms with Crippen molar-refractivity contribution in [3.63, 3.8) is 0 Å². The number of benzene rings is 1. The number of phenolic OH excluding ortho intramolecular Hbond substituents is 1. The summed E-state index contributed by atoms with van der Waals surface area (Å²) >= 11 is 2.74. The molecule has 0 aliphatic carbocycles. The van der Waals surface area contributed by atoms with Crippen molar-refractivity contribution in [2.24, 2.45) is 0 Å². The quantitative estimate of drug-likeness (QED) is 0.434. The summed E-state index contributed by atoms with van der Waals surface area (Å²) in [7, 11) is 0. The molecule has 6 nitrogen and oxygen atoms in total. The molecule has 1 aromatic carbocycles. The van der Waals surface area contributed by atoms with Crippen LogP contribution in [0, 0.1) is 3.57 Å². The van der Waals surface area contributed by atoms with E-state index in [0.29, 0.717) is 9.13 Å². The molecular formula is C15H14INO5S. The number of esters is 1. The number of carbonyl (C=O) groups is 3. The van der Waals surface area contributed by atoms with Gasteiger partial charge in [-0.05, 0) is 72.0 Å². The lowest BCUT2D eigenvalue weighted by atomic mass is 10.2. The number of phenols is 1. The maximum Gasteiger partial charge on any atom is 0.326 e. The summed E-state index contributed by atoms with van der Waals surface area (Å²) in [4.78, 5) is 36.9. The van der Waals surface area contributed by atoms with E-state index in [4.69, 9.17) is 4.74 Å². The third-order valence-electron chi connectivity index (χ3n) is 2.80. The van der Waals surface area contributed by atoms with E-state index < -0.39 is 23.7 Å². The molecule has 0 bridgehead atoms. The first-order valence-electron chi connectivity index (χ1n) is 6.71. The molecule has 0 aromatic heterocycles. The average Bonchev–Trinajstić information content (AvgIpc) is 2.70. The molecule has 0 atom stereocenters. The van der Waals surface area contributed by atoms with Gasteiger partial charge in [-0.1, -0.05) is 6.07 Å². The molecule has 1 aliphatic rings. The summed E-state index contributed by atoms with van der Waals surface area (Å²) in [5.41, 5.74) is 0.683. The topological polar surface area (TPSA) is 83.9 Å². The van der Waals surface area contributed by atoms with Gasteiger partial charge in [-0.15, -0.1) is 0 Å². The molecule has 2 amide bonds. The Kier molecular flexibility index (Phi) is 5.69. The molecule has 1 saturated heterocycles. The van der Waals surface area contributed by atoms with Crippen molar-refractivity contribution in [3.05, 3.63) is 32.2 Å². The van der Waals surface area contributed by atoms with Crippen LogP contribution < -0.4 is 0 Å². The van der Waals surface area contributed by atoms with Crippen LogP contribution in [0.4, 0.5) is 4.79 Å². The van der Waals surface area contributed by atoms with Crippen LogP contribution in [0.2, 0.25) is 0 Å². The van der Waals surface area contributed by atoms with Crippen LogP contribution in [0.3, 0.4) is 0 Å². The monoisotopic (exact) mass is 447 g/mol. The van der Waals surface area contributed by atoms with Crippen LogP contribution in [0.15, 0.2) is 23.1 Å². The van der Waals surface area contributed by atoms with Crippen molar-refractivity contribution in [2.45, 2.75) is 20.0 Å². The highest BCUT2D eigenvalue weighted by atomic mass is 127. The fourth-order valence-corrected chi connectivity index (χ4v) is 3.21. The van der Waals surface area contributed by atoms with Crippen LogP contribution in [-0.4, -0.2) is 39.8 Å². The fourth-order valence-electron chi connectivity index (χ4n) is 1.83. The van der Waals surface area contributed by atoms with Crippen molar-refractivity contribution >= 4 is 57.5 Å². The van der Waals surface area contributed by atoms with Gasteiger partial charge in [0.15, 0.2) is 0 Å². The van der Waals surface area contributed by atoms with Crippen molar-refractivity contribution in [3.8, 4) is 5.75 Å². The molecule has 122 valence electrons. The number of hydrogen-bond acceptors (Lipinski definition) is 6. The normalized spacial score (nSPS) is 16.5. The van der Waals surface area contributed by atoms with Gasteiger partial charge in [0, 0.05) is 0 Å². The van der Waals surface area contributed by atoms with Gasteiger partial charge in [0.1, 0.15) is 12.3 Å². The number of amides is 2. The predicted molar refractivity (Wildman–Crippen MR) is 94.7 cm³/mol. The number of hydrogen-bond donors (Lipinski definition) is 1. The van der Waals surface area contributed by atoms with Crippen LogP contribution >= 0.6 is 34.4 Å². The van der Waals surface area contributed by atoms with Crippen molar-refractivity contribution in [2.75, 3.05) is 6.54 Å². The molecule has 1 fully saturated rings. The van der Waals surface area contributed by atoms with E-state index in [1.807, 2.05) is 22.6 Å². The first kappa shape index (κ1) is 17.8. The third-order valence-corrected chi connectivity index (χ3v) is 4.57. The second-order valence-electron chi connectivity index (χ2n) is 5.02. The summed E-state index contributed by atoms with van der Waals surface area (Å²) in [6.45, 7) is 2.99. The molecule has 0 radical (unpaired) electrons. The number of ether oxygens (including phenoxy) is 1. The second-order valence-corrected chi connectivity index (χ2v) is 7.17. The smallest absolute Gasteiger partial charge is 0.326 e. The Morgan fingerprint density at radius 1 is 1.43 bits per heavy atom. The second kappa shape index (κ2) is 7.35. The Morgan fingerprint density at radius 2 is 2.13 bits per heavy atom. The Morgan fingerprint density at radius 3 is 2.74 bits per heavy atom. The largest absolute Gasteiger partial charge is 0.507 e. The highest BCUT2D eigenvalue weighted by molar-refractivity contribution is 14.1. The van der Waals surface area contributed by atoms with Crippen LogP contribution in [0.5, 0.6) is 5.75 Å². The summed E-state index contributed by atoms with van der Waals surface area (Å²) in [5.74, 6) is -1.00. The highest BCUT2D eigenvalue weighted by Gasteiger charge is 2.36. The molecule has 23 heavy (non-hydrogen) atoms. The van der Waals surface area contributed by atoms with Crippen molar-refractivity contribution < 1.29 is 24.2 Å². The summed E-state index contributed by atoms with van der Waals surface area (Å²) in [5, 5.41) is 8.99. The highest BCUT2D eigenvalue weighted by Crippen LogP contribution is 2.32. The van der Waals surface area contributed by atoms with E-state index >= 15 is 0 Å². The zero-order valence-electron chi connectivity index (χ0n) is 12.4. The molecule has 2 rings (SSSR count). The van der Waals surface area contributed by atoms with E-state index in [0.717, 1.165) is 16.7 Å². The number of imide groups is 1. The average molecular weight is 447 g/mol. The van der Waals surface area contributed by atoms with Gasteiger partial charge in [-0.3, -0.25) is 19.3 Å². The fraction of sp³-hybridized carbons (Fsp3) is 0.267. The lowest BCUT2D eigenvalue weighted by Gasteiger charge is -2.13. The van der Waals surface area contributed by atoms with E-state index in [2.05, 4.69) is 0 Å². The number of nitrogens with zero attached hydrogens (tertiary/aromatic N) is 1. The molecule has 0 spiro atoms. The Balaban J connectivity index is 2.15. The molecule has 1 heterocycles. The number of aromatic hydroxyl groups is 1. The maximum atomic E-state index is 12.3. The van der Waals surface area contributed by atoms with E-state index in [-0.39, 0.29) is 16.8 Å². The minimum atomic E-state index is -0.622. The van der Waals surface area contributed by atoms with Gasteiger partial charge < -0.3 is 9.84 Å². The van der Waals surface area contributed by atoms with Crippen LogP contribution in [-0.2, 0) is 14.3 Å². The number of rotatable bonds is 4. The van der Waals surface area contributed by atoms with Gasteiger partial charge in [0.25, 0.3) is 11.1 Å². The van der Waals surface area contributed by atoms with E-state index in [9.17, 15) is 19.5 Å². The summed E-state index contributed by atoms with van der Waals surface area (Å²) < 4.78 is 5.58. The number of halogens is 1. The van der Waals surface area contributed by atoms with Gasteiger partial charge in [-0.25, -0.2) is 0 Å². The Bertz CT molecular complexity index is 701. The van der Waals surface area contributed by atoms with Gasteiger partial charge in [0.05, 0.1) is 14.6 Å². The number of thioether (sulfide) groups is 1. The van der Waals surface area contributed by atoms with Crippen LogP contribution in [0.1, 0.15) is 19.4 Å². The van der Waals surface area contributed by atoms with Crippen molar-refractivity contribution in [1.82, 2.24) is 4.90 Å². The van der Waals surface area contributed by atoms with Gasteiger partial charge in [0.2, 0.25) is 0 Å². The van der Waals surface area contributed by atoms with Gasteiger partial charge >= 0.3 is 5.97 Å². The zero-order valence-corrected chi connectivity index (χ0v) is 15.4. The van der Waals surface area contributed by atoms with E-state index in [1.165, 1.54) is 6.07 Å². The van der Waals surface area contributed by atoms with Crippen molar-refractivity contribution in [1.29, 1.82) is 0 Å². The summed E-state index contributed by atoms with van der Waals surface area (Å²) in [6.07, 6.45) is 1.25. The van der Waals surface area contributed by atoms with Gasteiger partial charge in [-0.2, -0.15) is 0 Å². The molecule has 0 unspecified atom stereocenters. The lowest BCUT2D eigenvalue weighted by molar-refractivity contribution is -0.149. The van der Waals surface area contributed by atoms with Crippen LogP contribution in [0.25, 0.3) is 6.08 Å². The minimum absolute atomic E-state index is 0.146. The minimum Gasteiger partial charge on any atom is -0.507 e. The SMILES string of the molecule is CC(C)OC(=O)CN1C(=O)SC(=Cc2ccc(O)c(I)c2)C1=O. The standard InChI is InChI=1S/C15H14INO5S/c1-8(2)22-13(19)7-17-14(20)12(23-15(17)21)6-9-3-4-11(18)10(16)5-9/h3-6,8,18H,7H2,1-2H3. The molecule has 1 aromatic rings. The molecule has 1 aliphatic heterocycles. The Hall–Kier alpha value is -1.55. The first-order valence-corrected chi connectivity index (χ1v) is 8.61. The lowest BCUT2D eigenvalue weighted by Crippen LogP contribution is -2.35. The first-order chi connectivity index (χ1) is 10.8. The third kappa shape index (κ3) is 4.47. The number of carbonyl (C=O) groups excluding carboxylic acids is 3. The predicted octanol–water partition coefficient (Wildman–Crippen LogP) is 2.98. The van der Waals surface area contributed by atoms with E-state index in [1.54, 1.807) is 32.1 Å².